The molecule has 0 bridgehead atoms. The molecule has 1 aliphatic heterocycles. The van der Waals surface area contributed by atoms with Gasteiger partial charge in [0.25, 0.3) is 0 Å². The van der Waals surface area contributed by atoms with E-state index < -0.39 is 5.97 Å². The lowest BCUT2D eigenvalue weighted by molar-refractivity contribution is -0.138. The second-order valence-corrected chi connectivity index (χ2v) is 6.12. The molecular formula is C18H23N5O3. The zero-order chi connectivity index (χ0) is 18.4. The Labute approximate surface area is 152 Å². The molecule has 8 nitrogen and oxygen atoms in total. The van der Waals surface area contributed by atoms with Gasteiger partial charge in [0.2, 0.25) is 5.95 Å². The van der Waals surface area contributed by atoms with E-state index in [-0.39, 0.29) is 6.54 Å². The molecule has 0 saturated carbocycles. The van der Waals surface area contributed by atoms with Crippen LogP contribution in [0.2, 0.25) is 0 Å². The quantitative estimate of drug-likeness (QED) is 0.772. The van der Waals surface area contributed by atoms with Crippen molar-refractivity contribution in [2.45, 2.75) is 6.61 Å². The lowest BCUT2D eigenvalue weighted by Crippen LogP contribution is -2.48. The number of hydrogen-bond acceptors (Lipinski definition) is 7. The highest BCUT2D eigenvalue weighted by Gasteiger charge is 2.20. The molecule has 2 heterocycles. The summed E-state index contributed by atoms with van der Waals surface area (Å²) >= 11 is 0. The third-order valence-electron chi connectivity index (χ3n) is 4.14. The van der Waals surface area contributed by atoms with E-state index in [0.29, 0.717) is 25.6 Å². The van der Waals surface area contributed by atoms with E-state index in [2.05, 4.69) is 20.2 Å². The number of aliphatic carboxylic acids is 1. The fourth-order valence-electron chi connectivity index (χ4n) is 2.90. The van der Waals surface area contributed by atoms with Crippen LogP contribution in [0.4, 0.5) is 17.5 Å². The molecule has 3 rings (SSSR count). The van der Waals surface area contributed by atoms with E-state index in [1.165, 1.54) is 0 Å². The van der Waals surface area contributed by atoms with Crippen LogP contribution >= 0.6 is 0 Å². The number of aromatic nitrogens is 2. The molecule has 2 aromatic rings. The van der Waals surface area contributed by atoms with Crippen LogP contribution < -0.4 is 10.2 Å². The van der Waals surface area contributed by atoms with Crippen molar-refractivity contribution in [1.29, 1.82) is 0 Å². The summed E-state index contributed by atoms with van der Waals surface area (Å²) in [6, 6.07) is 11.7. The highest BCUT2D eigenvalue weighted by molar-refractivity contribution is 5.69. The van der Waals surface area contributed by atoms with Crippen molar-refractivity contribution >= 4 is 23.4 Å². The van der Waals surface area contributed by atoms with Crippen LogP contribution in [-0.2, 0) is 16.1 Å². The number of rotatable bonds is 7. The minimum Gasteiger partial charge on any atom is -0.480 e. The highest BCUT2D eigenvalue weighted by atomic mass is 16.5. The van der Waals surface area contributed by atoms with Crippen LogP contribution in [0, 0.1) is 0 Å². The molecule has 0 spiro atoms. The van der Waals surface area contributed by atoms with Crippen LogP contribution in [0.3, 0.4) is 0 Å². The molecule has 0 amide bonds. The maximum absolute atomic E-state index is 10.9. The third kappa shape index (κ3) is 4.90. The zero-order valence-electron chi connectivity index (χ0n) is 14.8. The van der Waals surface area contributed by atoms with Gasteiger partial charge in [-0.05, 0) is 12.1 Å². The number of anilines is 3. The van der Waals surface area contributed by atoms with Crippen molar-refractivity contribution in [3.8, 4) is 0 Å². The smallest absolute Gasteiger partial charge is 0.317 e. The van der Waals surface area contributed by atoms with E-state index in [0.717, 1.165) is 30.3 Å². The largest absolute Gasteiger partial charge is 0.480 e. The second kappa shape index (κ2) is 8.59. The summed E-state index contributed by atoms with van der Waals surface area (Å²) in [5.41, 5.74) is 1.71. The number of carboxylic acid groups (broad SMARTS) is 1. The molecule has 2 N–H and O–H groups in total. The Hall–Kier alpha value is -2.71. The number of methoxy groups -OCH3 is 1. The van der Waals surface area contributed by atoms with Gasteiger partial charge in [0.1, 0.15) is 5.82 Å². The minimum atomic E-state index is -0.794. The van der Waals surface area contributed by atoms with Gasteiger partial charge in [0.05, 0.1) is 18.8 Å². The molecule has 0 atom stereocenters. The lowest BCUT2D eigenvalue weighted by atomic mass is 10.3. The topological polar surface area (TPSA) is 90.8 Å². The number of para-hydroxylation sites is 1. The number of carbonyl (C=O) groups is 1. The first-order valence-electron chi connectivity index (χ1n) is 8.52. The normalized spacial score (nSPS) is 15.0. The fraction of sp³-hybridized carbons (Fsp3) is 0.389. The van der Waals surface area contributed by atoms with Gasteiger partial charge in [-0.3, -0.25) is 9.69 Å². The van der Waals surface area contributed by atoms with Gasteiger partial charge in [-0.2, -0.15) is 4.98 Å². The SMILES string of the molecule is COCc1cc(N2CCN(CC(=O)O)CC2)nc(Nc2ccccc2)n1. The van der Waals surface area contributed by atoms with E-state index in [1.54, 1.807) is 7.11 Å². The van der Waals surface area contributed by atoms with E-state index in [1.807, 2.05) is 41.3 Å². The van der Waals surface area contributed by atoms with Gasteiger partial charge in [-0.1, -0.05) is 18.2 Å². The van der Waals surface area contributed by atoms with Crippen molar-refractivity contribution in [3.05, 3.63) is 42.1 Å². The minimum absolute atomic E-state index is 0.0767. The Kier molecular flexibility index (Phi) is 5.98. The zero-order valence-corrected chi connectivity index (χ0v) is 14.8. The highest BCUT2D eigenvalue weighted by Crippen LogP contribution is 2.20. The number of benzene rings is 1. The number of ether oxygens (including phenoxy) is 1. The molecule has 0 unspecified atom stereocenters. The van der Waals surface area contributed by atoms with Crippen molar-refractivity contribution in [2.24, 2.45) is 0 Å². The average Bonchev–Trinajstić information content (AvgIpc) is 2.63. The molecule has 1 aromatic heterocycles. The molecule has 138 valence electrons. The van der Waals surface area contributed by atoms with Crippen molar-refractivity contribution in [3.63, 3.8) is 0 Å². The van der Waals surface area contributed by atoms with E-state index in [4.69, 9.17) is 9.84 Å². The predicted molar refractivity (Wildman–Crippen MR) is 98.8 cm³/mol. The van der Waals surface area contributed by atoms with Gasteiger partial charge in [0.15, 0.2) is 0 Å². The number of carboxylic acids is 1. The Morgan fingerprint density at radius 1 is 1.19 bits per heavy atom. The van der Waals surface area contributed by atoms with Gasteiger partial charge >= 0.3 is 5.97 Å². The summed E-state index contributed by atoms with van der Waals surface area (Å²) in [4.78, 5) is 24.1. The fourth-order valence-corrected chi connectivity index (χ4v) is 2.90. The maximum atomic E-state index is 10.9. The van der Waals surface area contributed by atoms with Gasteiger partial charge < -0.3 is 20.1 Å². The molecular weight excluding hydrogens is 334 g/mol. The first kappa shape index (κ1) is 18.1. The van der Waals surface area contributed by atoms with Crippen LogP contribution in [0.1, 0.15) is 5.69 Å². The van der Waals surface area contributed by atoms with Crippen LogP contribution in [0.5, 0.6) is 0 Å². The third-order valence-corrected chi connectivity index (χ3v) is 4.14. The second-order valence-electron chi connectivity index (χ2n) is 6.12. The summed E-state index contributed by atoms with van der Waals surface area (Å²) in [6.07, 6.45) is 0. The molecule has 26 heavy (non-hydrogen) atoms. The molecule has 0 radical (unpaired) electrons. The summed E-state index contributed by atoms with van der Waals surface area (Å²) in [5.74, 6) is 0.548. The average molecular weight is 357 g/mol. The number of nitrogens with one attached hydrogen (secondary N) is 1. The molecule has 1 saturated heterocycles. The Balaban J connectivity index is 1.75. The van der Waals surface area contributed by atoms with Crippen LogP contribution in [-0.4, -0.2) is 65.8 Å². The van der Waals surface area contributed by atoms with Gasteiger partial charge in [-0.15, -0.1) is 0 Å². The summed E-state index contributed by atoms with van der Waals surface area (Å²) in [7, 11) is 1.64. The van der Waals surface area contributed by atoms with Crippen molar-refractivity contribution in [1.82, 2.24) is 14.9 Å². The lowest BCUT2D eigenvalue weighted by Gasteiger charge is -2.34. The maximum Gasteiger partial charge on any atom is 0.317 e. The molecule has 0 aliphatic carbocycles. The molecule has 1 aliphatic rings. The summed E-state index contributed by atoms with van der Waals surface area (Å²) in [6.45, 7) is 3.31. The number of nitrogens with zero attached hydrogens (tertiary/aromatic N) is 4. The van der Waals surface area contributed by atoms with Crippen molar-refractivity contribution < 1.29 is 14.6 Å². The summed E-state index contributed by atoms with van der Waals surface area (Å²) in [5, 5.41) is 12.1. The molecule has 1 fully saturated rings. The Morgan fingerprint density at radius 3 is 2.58 bits per heavy atom. The molecule has 8 heteroatoms. The van der Waals surface area contributed by atoms with E-state index >= 15 is 0 Å². The first-order valence-corrected chi connectivity index (χ1v) is 8.52. The van der Waals surface area contributed by atoms with Gasteiger partial charge in [-0.25, -0.2) is 4.98 Å². The van der Waals surface area contributed by atoms with Crippen LogP contribution in [0.25, 0.3) is 0 Å². The number of piperazine rings is 1. The predicted octanol–water partition coefficient (Wildman–Crippen LogP) is 1.57. The van der Waals surface area contributed by atoms with Crippen LogP contribution in [0.15, 0.2) is 36.4 Å². The van der Waals surface area contributed by atoms with Gasteiger partial charge in [0, 0.05) is 45.0 Å². The Morgan fingerprint density at radius 2 is 1.92 bits per heavy atom. The van der Waals surface area contributed by atoms with Crippen molar-refractivity contribution in [2.75, 3.05) is 50.1 Å². The summed E-state index contributed by atoms with van der Waals surface area (Å²) < 4.78 is 5.23. The first-order chi connectivity index (χ1) is 12.6. The Bertz CT molecular complexity index is 733. The van der Waals surface area contributed by atoms with E-state index in [9.17, 15) is 4.79 Å². The monoisotopic (exact) mass is 357 g/mol. The number of hydrogen-bond donors (Lipinski definition) is 2. The molecule has 1 aromatic carbocycles. The standard InChI is InChI=1S/C18H23N5O3/c1-26-13-15-11-16(23-9-7-22(8-10-23)12-17(24)25)21-18(20-15)19-14-5-3-2-4-6-14/h2-6,11H,7-10,12-13H2,1H3,(H,24,25)(H,19,20,21).